The molecule has 1 fully saturated rings. The van der Waals surface area contributed by atoms with Gasteiger partial charge < -0.3 is 49.6 Å². The molecule has 0 amide bonds. The molecule has 0 radical (unpaired) electrons. The second-order valence-electron chi connectivity index (χ2n) is 7.29. The minimum atomic E-state index is -1.69. The number of hydrogen-bond donors (Lipinski definition) is 7. The Hall–Kier alpha value is -3.35. The first-order chi connectivity index (χ1) is 15.2. The van der Waals surface area contributed by atoms with Crippen molar-refractivity contribution in [2.75, 3.05) is 6.61 Å². The fourth-order valence-electron chi connectivity index (χ4n) is 3.44. The highest BCUT2D eigenvalue weighted by Crippen LogP contribution is 2.36. The van der Waals surface area contributed by atoms with Gasteiger partial charge in [-0.05, 0) is 24.3 Å². The van der Waals surface area contributed by atoms with E-state index in [4.69, 9.17) is 13.9 Å². The molecule has 3 unspecified atom stereocenters. The molecule has 1 aliphatic rings. The first-order valence-electron chi connectivity index (χ1n) is 9.50. The largest absolute Gasteiger partial charge is 0.508 e. The number of rotatable bonds is 4. The Morgan fingerprint density at radius 3 is 2.28 bits per heavy atom. The Labute approximate surface area is 179 Å². The molecule has 3 aromatic rings. The number of benzene rings is 2. The number of phenolic OH excluding ortho intramolecular Hbond substituents is 2. The average Bonchev–Trinajstić information content (AvgIpc) is 2.77. The monoisotopic (exact) mass is 448 g/mol. The molecule has 7 N–H and O–H groups in total. The molecule has 0 aliphatic carbocycles. The van der Waals surface area contributed by atoms with Crippen molar-refractivity contribution in [3.63, 3.8) is 0 Å². The number of ether oxygens (including phenoxy) is 2. The molecule has 1 aromatic heterocycles. The highest BCUT2D eigenvalue weighted by Gasteiger charge is 2.44. The molecular weight excluding hydrogens is 428 g/mol. The molecule has 1 saturated heterocycles. The number of aliphatic hydroxyl groups is 4. The van der Waals surface area contributed by atoms with Gasteiger partial charge in [-0.25, -0.2) is 0 Å². The summed E-state index contributed by atoms with van der Waals surface area (Å²) in [7, 11) is 0. The van der Waals surface area contributed by atoms with Crippen LogP contribution in [0.2, 0.25) is 0 Å². The SMILES string of the molecule is O=c1c(O)c(-c2ccc(O)cc2)oc2cc(OC3OC(CO)[C@@H](O)C(O)[C@H]3O)cc(O)c12. The summed E-state index contributed by atoms with van der Waals surface area (Å²) in [6.07, 6.45) is -7.67. The second kappa shape index (κ2) is 8.30. The van der Waals surface area contributed by atoms with E-state index in [1.54, 1.807) is 0 Å². The predicted molar refractivity (Wildman–Crippen MR) is 107 cm³/mol. The van der Waals surface area contributed by atoms with E-state index in [0.29, 0.717) is 0 Å². The van der Waals surface area contributed by atoms with Crippen molar-refractivity contribution in [3.8, 4) is 34.3 Å². The van der Waals surface area contributed by atoms with Gasteiger partial charge >= 0.3 is 0 Å². The van der Waals surface area contributed by atoms with Crippen molar-refractivity contribution in [3.05, 3.63) is 46.6 Å². The summed E-state index contributed by atoms with van der Waals surface area (Å²) in [5.41, 5.74) is -0.805. The molecule has 2 aromatic carbocycles. The van der Waals surface area contributed by atoms with Crippen molar-refractivity contribution in [1.82, 2.24) is 0 Å². The molecule has 11 nitrogen and oxygen atoms in total. The van der Waals surface area contributed by atoms with Crippen molar-refractivity contribution in [2.45, 2.75) is 30.7 Å². The quantitative estimate of drug-likeness (QED) is 0.279. The van der Waals surface area contributed by atoms with Crippen molar-refractivity contribution < 1.29 is 49.6 Å². The molecule has 170 valence electrons. The van der Waals surface area contributed by atoms with Gasteiger partial charge in [0.25, 0.3) is 0 Å². The van der Waals surface area contributed by atoms with Crippen LogP contribution in [0.4, 0.5) is 0 Å². The lowest BCUT2D eigenvalue weighted by atomic mass is 9.99. The third kappa shape index (κ3) is 3.72. The number of aromatic hydroxyl groups is 3. The Morgan fingerprint density at radius 1 is 0.938 bits per heavy atom. The van der Waals surface area contributed by atoms with E-state index in [-0.39, 0.29) is 33.8 Å². The molecule has 2 heterocycles. The highest BCUT2D eigenvalue weighted by atomic mass is 16.7. The fourth-order valence-corrected chi connectivity index (χ4v) is 3.44. The van der Waals surface area contributed by atoms with E-state index in [9.17, 15) is 40.5 Å². The standard InChI is InChI=1S/C21H20O11/c22-7-13-15(25)17(27)19(29)21(32-13)30-10-5-11(24)14-12(6-10)31-20(18(28)16(14)26)8-1-3-9(23)4-2-8/h1-6,13,15,17,19,21-25,27-29H,7H2/t13?,15-,17?,19-,21?/m1/s1. The van der Waals surface area contributed by atoms with E-state index in [1.165, 1.54) is 30.3 Å². The van der Waals surface area contributed by atoms with Crippen LogP contribution in [0.25, 0.3) is 22.3 Å². The molecule has 0 spiro atoms. The topological polar surface area (TPSA) is 190 Å². The van der Waals surface area contributed by atoms with Crippen LogP contribution in [0.1, 0.15) is 0 Å². The van der Waals surface area contributed by atoms with Gasteiger partial charge in [0.05, 0.1) is 6.61 Å². The average molecular weight is 448 g/mol. The smallest absolute Gasteiger partial charge is 0.238 e. The van der Waals surface area contributed by atoms with Crippen LogP contribution in [0.5, 0.6) is 23.0 Å². The lowest BCUT2D eigenvalue weighted by Gasteiger charge is -2.39. The highest BCUT2D eigenvalue weighted by molar-refractivity contribution is 5.88. The van der Waals surface area contributed by atoms with Crippen LogP contribution >= 0.6 is 0 Å². The van der Waals surface area contributed by atoms with Gasteiger partial charge in [0.1, 0.15) is 52.6 Å². The maximum absolute atomic E-state index is 12.6. The van der Waals surface area contributed by atoms with E-state index in [1.807, 2.05) is 0 Å². The van der Waals surface area contributed by atoms with E-state index < -0.39 is 54.2 Å². The normalized spacial score (nSPS) is 25.7. The molecule has 0 saturated carbocycles. The van der Waals surface area contributed by atoms with E-state index in [2.05, 4.69) is 0 Å². The summed E-state index contributed by atoms with van der Waals surface area (Å²) < 4.78 is 16.3. The summed E-state index contributed by atoms with van der Waals surface area (Å²) in [6.45, 7) is -0.655. The predicted octanol–water partition coefficient (Wildman–Crippen LogP) is -0.245. The van der Waals surface area contributed by atoms with Crippen LogP contribution in [-0.2, 0) is 4.74 Å². The minimum Gasteiger partial charge on any atom is -0.508 e. The Balaban J connectivity index is 1.75. The summed E-state index contributed by atoms with van der Waals surface area (Å²) in [6, 6.07) is 7.69. The maximum Gasteiger partial charge on any atom is 0.238 e. The van der Waals surface area contributed by atoms with Crippen molar-refractivity contribution in [2.24, 2.45) is 0 Å². The van der Waals surface area contributed by atoms with Gasteiger partial charge in [0.15, 0.2) is 5.76 Å². The molecular formula is C21H20O11. The van der Waals surface area contributed by atoms with Gasteiger partial charge in [-0.1, -0.05) is 0 Å². The zero-order valence-electron chi connectivity index (χ0n) is 16.3. The first-order valence-corrected chi connectivity index (χ1v) is 9.50. The summed E-state index contributed by atoms with van der Waals surface area (Å²) in [4.78, 5) is 12.6. The van der Waals surface area contributed by atoms with Gasteiger partial charge in [0.2, 0.25) is 17.5 Å². The summed E-state index contributed by atoms with van der Waals surface area (Å²) in [5.74, 6) is -1.73. The fraction of sp³-hybridized carbons (Fsp3) is 0.286. The van der Waals surface area contributed by atoms with Gasteiger partial charge in [-0.3, -0.25) is 4.79 Å². The minimum absolute atomic E-state index is 0.0377. The van der Waals surface area contributed by atoms with Crippen molar-refractivity contribution >= 4 is 11.0 Å². The zero-order chi connectivity index (χ0) is 23.2. The molecule has 11 heteroatoms. The summed E-state index contributed by atoms with van der Waals surface area (Å²) >= 11 is 0. The van der Waals surface area contributed by atoms with Crippen LogP contribution in [0.3, 0.4) is 0 Å². The zero-order valence-corrected chi connectivity index (χ0v) is 16.3. The second-order valence-corrected chi connectivity index (χ2v) is 7.29. The van der Waals surface area contributed by atoms with Gasteiger partial charge in [-0.2, -0.15) is 0 Å². The van der Waals surface area contributed by atoms with Crippen LogP contribution < -0.4 is 10.2 Å². The van der Waals surface area contributed by atoms with Crippen LogP contribution in [-0.4, -0.2) is 73.1 Å². The lowest BCUT2D eigenvalue weighted by molar-refractivity contribution is -0.277. The van der Waals surface area contributed by atoms with Crippen LogP contribution in [0.15, 0.2) is 45.6 Å². The Morgan fingerprint density at radius 2 is 1.62 bits per heavy atom. The third-order valence-electron chi connectivity index (χ3n) is 5.15. The number of hydrogen-bond acceptors (Lipinski definition) is 11. The maximum atomic E-state index is 12.6. The Bertz CT molecular complexity index is 1190. The molecule has 0 bridgehead atoms. The van der Waals surface area contributed by atoms with Crippen molar-refractivity contribution in [1.29, 1.82) is 0 Å². The molecule has 4 rings (SSSR count). The summed E-state index contributed by atoms with van der Waals surface area (Å²) in [5, 5.41) is 68.9. The molecule has 1 aliphatic heterocycles. The molecule has 32 heavy (non-hydrogen) atoms. The van der Waals surface area contributed by atoms with Gasteiger partial charge in [-0.15, -0.1) is 0 Å². The van der Waals surface area contributed by atoms with E-state index >= 15 is 0 Å². The number of aliphatic hydroxyl groups excluding tert-OH is 4. The number of fused-ring (bicyclic) bond motifs is 1. The van der Waals surface area contributed by atoms with Crippen LogP contribution in [0, 0.1) is 0 Å². The number of phenols is 2. The Kier molecular flexibility index (Phi) is 5.67. The molecule has 5 atom stereocenters. The van der Waals surface area contributed by atoms with Gasteiger partial charge in [0, 0.05) is 17.7 Å². The lowest BCUT2D eigenvalue weighted by Crippen LogP contribution is -2.60. The third-order valence-corrected chi connectivity index (χ3v) is 5.15. The first kappa shape index (κ1) is 21.9. The van der Waals surface area contributed by atoms with E-state index in [0.717, 1.165) is 6.07 Å².